The van der Waals surface area contributed by atoms with Crippen molar-refractivity contribution in [3.8, 4) is 0 Å². The lowest BCUT2D eigenvalue weighted by Gasteiger charge is -2.44. The fourth-order valence-corrected chi connectivity index (χ4v) is 6.39. The fourth-order valence-electron chi connectivity index (χ4n) is 3.53. The van der Waals surface area contributed by atoms with Gasteiger partial charge in [0.15, 0.2) is 9.84 Å². The Morgan fingerprint density at radius 1 is 1.17 bits per heavy atom. The first-order valence-corrected chi connectivity index (χ1v) is 10.8. The highest BCUT2D eigenvalue weighted by Gasteiger charge is 2.49. The molecule has 0 radical (unpaired) electrons. The van der Waals surface area contributed by atoms with Gasteiger partial charge in [-0.05, 0) is 23.9 Å². The number of fused-ring (bicyclic) bond motifs is 1. The average Bonchev–Trinajstić information content (AvgIpc) is 3.06. The molecule has 0 saturated carbocycles. The number of aryl methyl sites for hydroxylation is 1. The lowest BCUT2D eigenvalue weighted by atomic mass is 10.0. The van der Waals surface area contributed by atoms with Crippen LogP contribution in [-0.2, 0) is 14.6 Å². The Labute approximate surface area is 146 Å². The Bertz CT molecular complexity index is 769. The van der Waals surface area contributed by atoms with Crippen LogP contribution in [0.15, 0.2) is 11.4 Å². The molecule has 1 aromatic rings. The molecule has 8 heteroatoms. The van der Waals surface area contributed by atoms with Crippen LogP contribution in [0.4, 0.5) is 0 Å². The van der Waals surface area contributed by atoms with Crippen molar-refractivity contribution in [3.05, 3.63) is 21.9 Å². The lowest BCUT2D eigenvalue weighted by molar-refractivity contribution is -0.139. The minimum absolute atomic E-state index is 0.0403. The van der Waals surface area contributed by atoms with Crippen molar-refractivity contribution in [2.24, 2.45) is 5.92 Å². The van der Waals surface area contributed by atoms with Gasteiger partial charge in [-0.15, -0.1) is 11.3 Å². The van der Waals surface area contributed by atoms with Gasteiger partial charge in [-0.25, -0.2) is 8.42 Å². The van der Waals surface area contributed by atoms with Crippen molar-refractivity contribution in [2.75, 3.05) is 24.6 Å². The normalized spacial score (nSPS) is 25.8. The van der Waals surface area contributed by atoms with Gasteiger partial charge >= 0.3 is 0 Å². The molecule has 0 bridgehead atoms. The zero-order chi connectivity index (χ0) is 17.6. The molecule has 0 N–H and O–H groups in total. The summed E-state index contributed by atoms with van der Waals surface area (Å²) in [4.78, 5) is 29.3. The van der Waals surface area contributed by atoms with E-state index in [1.54, 1.807) is 9.80 Å². The van der Waals surface area contributed by atoms with Gasteiger partial charge in [0.1, 0.15) is 0 Å². The van der Waals surface area contributed by atoms with E-state index in [2.05, 4.69) is 0 Å². The summed E-state index contributed by atoms with van der Waals surface area (Å²) in [6, 6.07) is 1.02. The lowest BCUT2D eigenvalue weighted by Crippen LogP contribution is -2.62. The van der Waals surface area contributed by atoms with E-state index in [1.165, 1.54) is 11.3 Å². The first-order valence-electron chi connectivity index (χ1n) is 8.07. The Hall–Kier alpha value is -1.41. The number of thiophene rings is 1. The summed E-state index contributed by atoms with van der Waals surface area (Å²) in [6.45, 7) is 6.28. The Balaban J connectivity index is 1.91. The van der Waals surface area contributed by atoms with Crippen LogP contribution in [0.3, 0.4) is 0 Å². The summed E-state index contributed by atoms with van der Waals surface area (Å²) in [5.41, 5.74) is 0.906. The third-order valence-electron chi connectivity index (χ3n) is 4.77. The zero-order valence-corrected chi connectivity index (χ0v) is 15.7. The highest BCUT2D eigenvalue weighted by molar-refractivity contribution is 7.91. The van der Waals surface area contributed by atoms with Gasteiger partial charge in [-0.1, -0.05) is 13.8 Å². The molecule has 0 spiro atoms. The van der Waals surface area contributed by atoms with Crippen molar-refractivity contribution in [2.45, 2.75) is 32.9 Å². The van der Waals surface area contributed by atoms with E-state index >= 15 is 0 Å². The molecule has 2 amide bonds. The maximum absolute atomic E-state index is 12.9. The highest BCUT2D eigenvalue weighted by atomic mass is 32.2. The highest BCUT2D eigenvalue weighted by Crippen LogP contribution is 2.30. The third-order valence-corrected chi connectivity index (χ3v) is 7.47. The molecule has 0 aromatic carbocycles. The summed E-state index contributed by atoms with van der Waals surface area (Å²) in [7, 11) is -3.25. The molecule has 2 saturated heterocycles. The second-order valence-corrected chi connectivity index (χ2v) is 9.90. The van der Waals surface area contributed by atoms with Crippen molar-refractivity contribution in [1.29, 1.82) is 0 Å². The number of hydrogen-bond donors (Lipinski definition) is 0. The Morgan fingerprint density at radius 3 is 2.29 bits per heavy atom. The number of piperazine rings is 1. The van der Waals surface area contributed by atoms with Crippen LogP contribution in [0.2, 0.25) is 0 Å². The quantitative estimate of drug-likeness (QED) is 0.783. The van der Waals surface area contributed by atoms with E-state index in [4.69, 9.17) is 0 Å². The number of amides is 2. The predicted octanol–water partition coefficient (Wildman–Crippen LogP) is 1.16. The van der Waals surface area contributed by atoms with Gasteiger partial charge < -0.3 is 9.80 Å². The molecule has 2 fully saturated rings. The van der Waals surface area contributed by atoms with Gasteiger partial charge in [-0.3, -0.25) is 9.59 Å². The minimum atomic E-state index is -3.25. The number of sulfone groups is 1. The number of carbonyl (C=O) groups excluding carboxylic acids is 2. The van der Waals surface area contributed by atoms with Gasteiger partial charge in [0, 0.05) is 19.0 Å². The molecule has 1 aromatic heterocycles. The van der Waals surface area contributed by atoms with E-state index in [0.717, 1.165) is 5.56 Å². The second kappa shape index (κ2) is 6.15. The van der Waals surface area contributed by atoms with Gasteiger partial charge in [0.25, 0.3) is 5.91 Å². The maximum atomic E-state index is 12.9. The number of nitrogens with zero attached hydrogens (tertiary/aromatic N) is 2. The van der Waals surface area contributed by atoms with E-state index < -0.39 is 21.9 Å². The van der Waals surface area contributed by atoms with Crippen molar-refractivity contribution in [3.63, 3.8) is 0 Å². The summed E-state index contributed by atoms with van der Waals surface area (Å²) in [5.74, 6) is -0.456. The van der Waals surface area contributed by atoms with Gasteiger partial charge in [0.05, 0.1) is 28.5 Å². The summed E-state index contributed by atoms with van der Waals surface area (Å²) in [6.07, 6.45) is 0. The van der Waals surface area contributed by atoms with Crippen molar-refractivity contribution >= 4 is 33.0 Å². The SMILES string of the molecule is Cc1ccsc1C(=O)N1CCN(C(=O)C(C)C)[C@@H]2CS(=O)(=O)C[C@@H]21. The molecule has 132 valence electrons. The molecule has 3 rings (SSSR count). The average molecular weight is 370 g/mol. The standard InChI is InChI=1S/C16H22N2O4S2/c1-10(2)15(19)17-5-6-18(13-9-24(21,22)8-12(13)17)16(20)14-11(3)4-7-23-14/h4,7,10,12-13H,5-6,8-9H2,1-3H3/t12-,13+/m1/s1. The van der Waals surface area contributed by atoms with E-state index in [1.807, 2.05) is 32.2 Å². The first kappa shape index (κ1) is 17.4. The summed E-state index contributed by atoms with van der Waals surface area (Å²) < 4.78 is 24.4. The molecule has 0 unspecified atom stereocenters. The fraction of sp³-hybridized carbons (Fsp3) is 0.625. The van der Waals surface area contributed by atoms with Crippen LogP contribution in [0.25, 0.3) is 0 Å². The molecular weight excluding hydrogens is 348 g/mol. The van der Waals surface area contributed by atoms with Gasteiger partial charge in [-0.2, -0.15) is 0 Å². The summed E-state index contributed by atoms with van der Waals surface area (Å²) >= 11 is 1.38. The van der Waals surface area contributed by atoms with Crippen LogP contribution < -0.4 is 0 Å². The van der Waals surface area contributed by atoms with E-state index in [0.29, 0.717) is 18.0 Å². The molecule has 2 aliphatic rings. The maximum Gasteiger partial charge on any atom is 0.264 e. The van der Waals surface area contributed by atoms with Crippen molar-refractivity contribution in [1.82, 2.24) is 9.80 Å². The van der Waals surface area contributed by atoms with Crippen LogP contribution in [0.1, 0.15) is 29.1 Å². The number of hydrogen-bond acceptors (Lipinski definition) is 5. The second-order valence-electron chi connectivity index (χ2n) is 6.83. The molecule has 2 aliphatic heterocycles. The molecular formula is C16H22N2O4S2. The number of rotatable bonds is 2. The largest absolute Gasteiger partial charge is 0.335 e. The molecule has 0 aliphatic carbocycles. The predicted molar refractivity (Wildman–Crippen MR) is 92.9 cm³/mol. The zero-order valence-electron chi connectivity index (χ0n) is 14.1. The third kappa shape index (κ3) is 2.97. The smallest absolute Gasteiger partial charge is 0.264 e. The van der Waals surface area contributed by atoms with Crippen molar-refractivity contribution < 1.29 is 18.0 Å². The molecule has 3 heterocycles. The molecule has 6 nitrogen and oxygen atoms in total. The summed E-state index contributed by atoms with van der Waals surface area (Å²) in [5, 5.41) is 1.87. The topological polar surface area (TPSA) is 74.8 Å². The minimum Gasteiger partial charge on any atom is -0.335 e. The first-order chi connectivity index (χ1) is 11.2. The molecule has 2 atom stereocenters. The molecule has 24 heavy (non-hydrogen) atoms. The monoisotopic (exact) mass is 370 g/mol. The van der Waals surface area contributed by atoms with E-state index in [9.17, 15) is 18.0 Å². The van der Waals surface area contributed by atoms with Crippen LogP contribution in [-0.4, -0.2) is 66.7 Å². The van der Waals surface area contributed by atoms with Crippen LogP contribution in [0, 0.1) is 12.8 Å². The Kier molecular flexibility index (Phi) is 4.46. The van der Waals surface area contributed by atoms with Crippen LogP contribution in [0.5, 0.6) is 0 Å². The Morgan fingerprint density at radius 2 is 1.75 bits per heavy atom. The van der Waals surface area contributed by atoms with Gasteiger partial charge in [0.2, 0.25) is 5.91 Å². The number of carbonyl (C=O) groups is 2. The van der Waals surface area contributed by atoms with E-state index in [-0.39, 0.29) is 29.2 Å². The van der Waals surface area contributed by atoms with Crippen LogP contribution >= 0.6 is 11.3 Å².